The lowest BCUT2D eigenvalue weighted by molar-refractivity contribution is 0.0360. The summed E-state index contributed by atoms with van der Waals surface area (Å²) in [6.45, 7) is 2.62. The average molecular weight is 301 g/mol. The Balaban J connectivity index is 2.32. The average Bonchev–Trinajstić information content (AvgIpc) is 2.34. The van der Waals surface area contributed by atoms with E-state index in [1.54, 1.807) is 19.1 Å². The van der Waals surface area contributed by atoms with Gasteiger partial charge in [0.1, 0.15) is 0 Å². The summed E-state index contributed by atoms with van der Waals surface area (Å²) in [5.74, 6) is 0. The molecule has 0 fully saturated rings. The van der Waals surface area contributed by atoms with Crippen molar-refractivity contribution >= 4 is 17.6 Å². The van der Waals surface area contributed by atoms with Crippen molar-refractivity contribution in [2.45, 2.75) is 19.1 Å². The van der Waals surface area contributed by atoms with E-state index in [4.69, 9.17) is 11.6 Å². The largest absolute Gasteiger partial charge is 0.387 e. The predicted octanol–water partition coefficient (Wildman–Crippen LogP) is 0.847. The number of likely N-dealkylation sites (N-methyl/N-ethyl adjacent to an activating group) is 1. The van der Waals surface area contributed by atoms with Crippen LogP contribution in [0.3, 0.4) is 0 Å². The van der Waals surface area contributed by atoms with Gasteiger partial charge in [-0.25, -0.2) is 4.79 Å². The highest BCUT2D eigenvalue weighted by atomic mass is 35.5. The van der Waals surface area contributed by atoms with E-state index in [-0.39, 0.29) is 12.6 Å². The van der Waals surface area contributed by atoms with Crippen LogP contribution in [0.25, 0.3) is 0 Å². The number of hydrogen-bond donors (Lipinski definition) is 3. The fourth-order valence-electron chi connectivity index (χ4n) is 1.75. The molecular formula is C13H21ClN4O2. The molecule has 1 rings (SSSR count). The van der Waals surface area contributed by atoms with E-state index in [9.17, 15) is 9.90 Å². The summed E-state index contributed by atoms with van der Waals surface area (Å²) in [7, 11) is 3.72. The molecule has 0 aliphatic carbocycles. The lowest BCUT2D eigenvalue weighted by atomic mass is 10.1. The predicted molar refractivity (Wildman–Crippen MR) is 78.7 cm³/mol. The minimum absolute atomic E-state index is 0.172. The van der Waals surface area contributed by atoms with Crippen LogP contribution in [0.5, 0.6) is 0 Å². The van der Waals surface area contributed by atoms with Crippen LogP contribution in [-0.4, -0.2) is 53.8 Å². The Labute approximate surface area is 124 Å². The SMILES string of the molecule is CN(C)CC(C)(O)CNC(=O)NCc1ccc(Cl)cn1. The molecule has 0 aliphatic heterocycles. The lowest BCUT2D eigenvalue weighted by Crippen LogP contribution is -2.49. The molecule has 1 heterocycles. The van der Waals surface area contributed by atoms with Gasteiger partial charge in [-0.2, -0.15) is 0 Å². The maximum atomic E-state index is 11.6. The highest BCUT2D eigenvalue weighted by Crippen LogP contribution is 2.06. The van der Waals surface area contributed by atoms with Crippen molar-refractivity contribution in [3.8, 4) is 0 Å². The zero-order chi connectivity index (χ0) is 15.2. The number of nitrogens with zero attached hydrogens (tertiary/aromatic N) is 2. The Morgan fingerprint density at radius 2 is 2.15 bits per heavy atom. The molecule has 0 bridgehead atoms. The maximum absolute atomic E-state index is 11.6. The third kappa shape index (κ3) is 6.70. The number of carbonyl (C=O) groups excluding carboxylic acids is 1. The second-order valence-electron chi connectivity index (χ2n) is 5.24. The molecule has 0 aliphatic rings. The highest BCUT2D eigenvalue weighted by molar-refractivity contribution is 6.30. The quantitative estimate of drug-likeness (QED) is 0.728. The lowest BCUT2D eigenvalue weighted by Gasteiger charge is -2.27. The van der Waals surface area contributed by atoms with Gasteiger partial charge in [-0.1, -0.05) is 11.6 Å². The molecule has 1 unspecified atom stereocenters. The number of aromatic nitrogens is 1. The molecule has 0 saturated carbocycles. The standard InChI is InChI=1S/C13H21ClN4O2/c1-13(20,9-18(2)3)8-17-12(19)16-7-11-5-4-10(14)6-15-11/h4-6,20H,7-9H2,1-3H3,(H2,16,17,19). The zero-order valence-electron chi connectivity index (χ0n) is 12.0. The van der Waals surface area contributed by atoms with E-state index < -0.39 is 5.60 Å². The molecule has 112 valence electrons. The Bertz CT molecular complexity index is 435. The molecule has 0 saturated heterocycles. The fraction of sp³-hybridized carbons (Fsp3) is 0.538. The van der Waals surface area contributed by atoms with Crippen LogP contribution in [0.4, 0.5) is 4.79 Å². The van der Waals surface area contributed by atoms with E-state index >= 15 is 0 Å². The smallest absolute Gasteiger partial charge is 0.315 e. The number of halogens is 1. The van der Waals surface area contributed by atoms with Gasteiger partial charge >= 0.3 is 6.03 Å². The molecule has 1 atom stereocenters. The number of carbonyl (C=O) groups is 1. The molecule has 0 radical (unpaired) electrons. The molecule has 1 aromatic rings. The summed E-state index contributed by atoms with van der Waals surface area (Å²) in [6, 6.07) is 3.11. The topological polar surface area (TPSA) is 77.5 Å². The Morgan fingerprint density at radius 1 is 1.45 bits per heavy atom. The normalized spacial score (nSPS) is 13.9. The van der Waals surface area contributed by atoms with Crippen molar-refractivity contribution in [1.29, 1.82) is 0 Å². The molecule has 1 aromatic heterocycles. The van der Waals surface area contributed by atoms with E-state index in [0.717, 1.165) is 0 Å². The van der Waals surface area contributed by atoms with Crippen LogP contribution in [-0.2, 0) is 6.54 Å². The van der Waals surface area contributed by atoms with Crippen molar-refractivity contribution < 1.29 is 9.90 Å². The maximum Gasteiger partial charge on any atom is 0.315 e. The molecule has 3 N–H and O–H groups in total. The van der Waals surface area contributed by atoms with E-state index in [0.29, 0.717) is 23.8 Å². The number of rotatable bonds is 6. The van der Waals surface area contributed by atoms with Crippen molar-refractivity contribution in [3.63, 3.8) is 0 Å². The van der Waals surface area contributed by atoms with E-state index in [1.165, 1.54) is 6.20 Å². The van der Waals surface area contributed by atoms with Crippen LogP contribution in [0.1, 0.15) is 12.6 Å². The van der Waals surface area contributed by atoms with Crippen molar-refractivity contribution in [2.75, 3.05) is 27.2 Å². The van der Waals surface area contributed by atoms with Gasteiger partial charge in [0, 0.05) is 19.3 Å². The van der Waals surface area contributed by atoms with Gasteiger partial charge in [-0.05, 0) is 33.2 Å². The summed E-state index contributed by atoms with van der Waals surface area (Å²) in [6.07, 6.45) is 1.53. The number of aliphatic hydroxyl groups is 1. The van der Waals surface area contributed by atoms with Gasteiger partial charge in [0.05, 0.1) is 22.9 Å². The molecule has 2 amide bonds. The molecular weight excluding hydrogens is 280 g/mol. The summed E-state index contributed by atoms with van der Waals surface area (Å²) < 4.78 is 0. The number of nitrogens with one attached hydrogen (secondary N) is 2. The van der Waals surface area contributed by atoms with Gasteiger partial charge < -0.3 is 20.6 Å². The number of hydrogen-bond acceptors (Lipinski definition) is 4. The first kappa shape index (κ1) is 16.7. The Kier molecular flexibility index (Phi) is 6.19. The van der Waals surface area contributed by atoms with Gasteiger partial charge in [-0.3, -0.25) is 4.98 Å². The third-order valence-electron chi connectivity index (χ3n) is 2.51. The minimum Gasteiger partial charge on any atom is -0.387 e. The van der Waals surface area contributed by atoms with Crippen LogP contribution in [0, 0.1) is 0 Å². The first-order chi connectivity index (χ1) is 9.28. The molecule has 0 spiro atoms. The molecule has 7 heteroatoms. The van der Waals surface area contributed by atoms with Crippen LogP contribution in [0.15, 0.2) is 18.3 Å². The molecule has 6 nitrogen and oxygen atoms in total. The Hall–Kier alpha value is -1.37. The number of urea groups is 1. The monoisotopic (exact) mass is 300 g/mol. The van der Waals surface area contributed by atoms with Gasteiger partial charge in [0.25, 0.3) is 0 Å². The van der Waals surface area contributed by atoms with Crippen LogP contribution in [0.2, 0.25) is 5.02 Å². The third-order valence-corrected chi connectivity index (χ3v) is 2.73. The molecule has 0 aromatic carbocycles. The van der Waals surface area contributed by atoms with Crippen LogP contribution >= 0.6 is 11.6 Å². The fourth-order valence-corrected chi connectivity index (χ4v) is 1.86. The Morgan fingerprint density at radius 3 is 2.70 bits per heavy atom. The second-order valence-corrected chi connectivity index (χ2v) is 5.68. The van der Waals surface area contributed by atoms with Crippen molar-refractivity contribution in [3.05, 3.63) is 29.0 Å². The van der Waals surface area contributed by atoms with Crippen LogP contribution < -0.4 is 10.6 Å². The van der Waals surface area contributed by atoms with Crippen molar-refractivity contribution in [1.82, 2.24) is 20.5 Å². The summed E-state index contributed by atoms with van der Waals surface area (Å²) in [5.41, 5.74) is -0.260. The second kappa shape index (κ2) is 7.42. The zero-order valence-corrected chi connectivity index (χ0v) is 12.7. The van der Waals surface area contributed by atoms with Gasteiger partial charge in [0.2, 0.25) is 0 Å². The molecule has 20 heavy (non-hydrogen) atoms. The van der Waals surface area contributed by atoms with E-state index in [2.05, 4.69) is 15.6 Å². The highest BCUT2D eigenvalue weighted by Gasteiger charge is 2.21. The van der Waals surface area contributed by atoms with E-state index in [1.807, 2.05) is 19.0 Å². The van der Waals surface area contributed by atoms with Gasteiger partial charge in [-0.15, -0.1) is 0 Å². The van der Waals surface area contributed by atoms with Crippen molar-refractivity contribution in [2.24, 2.45) is 0 Å². The summed E-state index contributed by atoms with van der Waals surface area (Å²) in [4.78, 5) is 17.5. The van der Waals surface area contributed by atoms with Gasteiger partial charge in [0.15, 0.2) is 0 Å². The summed E-state index contributed by atoms with van der Waals surface area (Å²) >= 11 is 5.72. The first-order valence-electron chi connectivity index (χ1n) is 6.28. The number of amides is 2. The first-order valence-corrected chi connectivity index (χ1v) is 6.65. The number of pyridine rings is 1. The summed E-state index contributed by atoms with van der Waals surface area (Å²) in [5, 5.41) is 15.9. The minimum atomic E-state index is -0.973.